The first-order valence-electron chi connectivity index (χ1n) is 7.68. The van der Waals surface area contributed by atoms with E-state index in [0.717, 1.165) is 16.7 Å². The number of thioether (sulfide) groups is 1. The Hall–Kier alpha value is -3.13. The van der Waals surface area contributed by atoms with Gasteiger partial charge in [-0.2, -0.15) is 0 Å². The van der Waals surface area contributed by atoms with Crippen molar-refractivity contribution >= 4 is 46.2 Å². The molecule has 1 atom stereocenters. The quantitative estimate of drug-likeness (QED) is 0.839. The number of amides is 3. The lowest BCUT2D eigenvalue weighted by atomic mass is 10.2. The lowest BCUT2D eigenvalue weighted by Crippen LogP contribution is -2.32. The van der Waals surface area contributed by atoms with Gasteiger partial charge < -0.3 is 10.4 Å². The number of rotatable bonds is 5. The van der Waals surface area contributed by atoms with Gasteiger partial charge in [0.2, 0.25) is 11.8 Å². The Bertz CT molecular complexity index is 867. The molecule has 0 saturated carbocycles. The van der Waals surface area contributed by atoms with Crippen molar-refractivity contribution in [2.45, 2.75) is 11.7 Å². The summed E-state index contributed by atoms with van der Waals surface area (Å²) in [6, 6.07) is 14.2. The molecule has 1 saturated heterocycles. The molecule has 0 radical (unpaired) electrons. The molecule has 1 aliphatic rings. The van der Waals surface area contributed by atoms with Gasteiger partial charge in [-0.25, -0.2) is 9.69 Å². The SMILES string of the molecule is O=C(C[C@H]1SC(=O)N(c2ccccc2)C1=O)Nc1ccc(C(=O)O)cc1. The van der Waals surface area contributed by atoms with Crippen LogP contribution < -0.4 is 10.2 Å². The number of nitrogens with zero attached hydrogens (tertiary/aromatic N) is 1. The van der Waals surface area contributed by atoms with E-state index in [1.807, 2.05) is 0 Å². The molecule has 132 valence electrons. The lowest BCUT2D eigenvalue weighted by molar-refractivity contribution is -0.121. The first-order chi connectivity index (χ1) is 12.5. The van der Waals surface area contributed by atoms with Gasteiger partial charge in [-0.15, -0.1) is 0 Å². The van der Waals surface area contributed by atoms with Crippen molar-refractivity contribution in [1.82, 2.24) is 0 Å². The normalized spacial score (nSPS) is 16.6. The molecule has 8 heteroatoms. The van der Waals surface area contributed by atoms with Crippen LogP contribution in [0.3, 0.4) is 0 Å². The summed E-state index contributed by atoms with van der Waals surface area (Å²) >= 11 is 0.821. The standard InChI is InChI=1S/C18H14N2O5S/c21-15(19-12-8-6-11(7-9-12)17(23)24)10-14-16(22)20(18(25)26-14)13-4-2-1-3-5-13/h1-9,14H,10H2,(H,19,21)(H,23,24)/t14-/m1/s1. The number of nitrogens with one attached hydrogen (secondary N) is 1. The fraction of sp³-hybridized carbons (Fsp3) is 0.111. The van der Waals surface area contributed by atoms with Gasteiger partial charge in [-0.1, -0.05) is 18.2 Å². The van der Waals surface area contributed by atoms with Gasteiger partial charge in [0.1, 0.15) is 5.25 Å². The second kappa shape index (κ2) is 7.40. The van der Waals surface area contributed by atoms with Crippen LogP contribution in [0.1, 0.15) is 16.8 Å². The van der Waals surface area contributed by atoms with E-state index in [9.17, 15) is 19.2 Å². The molecule has 3 rings (SSSR count). The summed E-state index contributed by atoms with van der Waals surface area (Å²) in [5.41, 5.74) is 0.998. The average molecular weight is 370 g/mol. The predicted molar refractivity (Wildman–Crippen MR) is 97.4 cm³/mol. The van der Waals surface area contributed by atoms with Gasteiger partial charge in [0.05, 0.1) is 11.3 Å². The minimum Gasteiger partial charge on any atom is -0.478 e. The highest BCUT2D eigenvalue weighted by atomic mass is 32.2. The number of anilines is 2. The summed E-state index contributed by atoms with van der Waals surface area (Å²) in [6.07, 6.45) is -0.154. The molecule has 0 aliphatic carbocycles. The number of aromatic carboxylic acids is 1. The van der Waals surface area contributed by atoms with Crippen LogP contribution in [0.4, 0.5) is 16.2 Å². The molecule has 7 nitrogen and oxygen atoms in total. The van der Waals surface area contributed by atoms with Crippen molar-refractivity contribution in [3.63, 3.8) is 0 Å². The molecule has 3 amide bonds. The molecule has 2 N–H and O–H groups in total. The third kappa shape index (κ3) is 3.75. The Labute approximate surface area is 153 Å². The number of benzene rings is 2. The lowest BCUT2D eigenvalue weighted by Gasteiger charge is -2.13. The Morgan fingerprint density at radius 1 is 1.04 bits per heavy atom. The zero-order valence-corrected chi connectivity index (χ0v) is 14.2. The van der Waals surface area contributed by atoms with Crippen molar-refractivity contribution in [2.24, 2.45) is 0 Å². The molecular formula is C18H14N2O5S. The van der Waals surface area contributed by atoms with E-state index in [1.165, 1.54) is 24.3 Å². The number of carboxylic acid groups (broad SMARTS) is 1. The first kappa shape index (κ1) is 17.7. The largest absolute Gasteiger partial charge is 0.478 e. The molecule has 2 aromatic carbocycles. The summed E-state index contributed by atoms with van der Waals surface area (Å²) in [4.78, 5) is 48.6. The smallest absolute Gasteiger partial charge is 0.335 e. The maximum atomic E-state index is 12.5. The topological polar surface area (TPSA) is 104 Å². The summed E-state index contributed by atoms with van der Waals surface area (Å²) < 4.78 is 0. The van der Waals surface area contributed by atoms with Crippen LogP contribution >= 0.6 is 11.8 Å². The zero-order chi connectivity index (χ0) is 18.7. The Balaban J connectivity index is 1.63. The zero-order valence-electron chi connectivity index (χ0n) is 13.4. The van der Waals surface area contributed by atoms with E-state index in [4.69, 9.17) is 5.11 Å². The molecule has 1 heterocycles. The van der Waals surface area contributed by atoms with Gasteiger partial charge in [0.25, 0.3) is 5.24 Å². The average Bonchev–Trinajstić information content (AvgIpc) is 2.89. The van der Waals surface area contributed by atoms with Crippen LogP contribution in [0.2, 0.25) is 0 Å². The van der Waals surface area contributed by atoms with Crippen LogP contribution in [-0.2, 0) is 9.59 Å². The summed E-state index contributed by atoms with van der Waals surface area (Å²) in [6.45, 7) is 0. The monoisotopic (exact) mass is 370 g/mol. The van der Waals surface area contributed by atoms with Crippen molar-refractivity contribution < 1.29 is 24.3 Å². The van der Waals surface area contributed by atoms with E-state index in [0.29, 0.717) is 11.4 Å². The molecule has 0 unspecified atom stereocenters. The van der Waals surface area contributed by atoms with Gasteiger partial charge in [-0.05, 0) is 48.2 Å². The van der Waals surface area contributed by atoms with Crippen LogP contribution in [0.25, 0.3) is 0 Å². The van der Waals surface area contributed by atoms with E-state index in [-0.39, 0.29) is 12.0 Å². The number of hydrogen-bond donors (Lipinski definition) is 2. The second-order valence-electron chi connectivity index (χ2n) is 5.52. The molecule has 2 aromatic rings. The Kier molecular flexibility index (Phi) is 5.04. The van der Waals surface area contributed by atoms with Gasteiger partial charge in [-0.3, -0.25) is 14.4 Å². The molecule has 0 spiro atoms. The first-order valence-corrected chi connectivity index (χ1v) is 8.56. The minimum absolute atomic E-state index is 0.105. The van der Waals surface area contributed by atoms with Crippen molar-refractivity contribution in [3.8, 4) is 0 Å². The number of hydrogen-bond acceptors (Lipinski definition) is 5. The fourth-order valence-electron chi connectivity index (χ4n) is 2.47. The van der Waals surface area contributed by atoms with Crippen molar-refractivity contribution in [1.29, 1.82) is 0 Å². The number of carboxylic acids is 1. The fourth-order valence-corrected chi connectivity index (χ4v) is 3.46. The highest BCUT2D eigenvalue weighted by molar-refractivity contribution is 8.15. The minimum atomic E-state index is -1.06. The summed E-state index contributed by atoms with van der Waals surface area (Å²) in [5.74, 6) is -1.92. The molecule has 1 fully saturated rings. The maximum absolute atomic E-state index is 12.5. The van der Waals surface area contributed by atoms with Crippen LogP contribution in [0.15, 0.2) is 54.6 Å². The highest BCUT2D eigenvalue weighted by Crippen LogP contribution is 2.33. The third-order valence-corrected chi connectivity index (χ3v) is 4.76. The Morgan fingerprint density at radius 2 is 1.69 bits per heavy atom. The molecule has 0 bridgehead atoms. The van der Waals surface area contributed by atoms with E-state index in [1.54, 1.807) is 30.3 Å². The maximum Gasteiger partial charge on any atom is 0.335 e. The molecular weight excluding hydrogens is 356 g/mol. The molecule has 0 aromatic heterocycles. The van der Waals surface area contributed by atoms with E-state index >= 15 is 0 Å². The van der Waals surface area contributed by atoms with Crippen LogP contribution in [0, 0.1) is 0 Å². The number of carbonyl (C=O) groups excluding carboxylic acids is 3. The van der Waals surface area contributed by atoms with Crippen molar-refractivity contribution in [3.05, 3.63) is 60.2 Å². The predicted octanol–water partition coefficient (Wildman–Crippen LogP) is 2.98. The van der Waals surface area contributed by atoms with Gasteiger partial charge >= 0.3 is 5.97 Å². The summed E-state index contributed by atoms with van der Waals surface area (Å²) in [5, 5.41) is 10.3. The third-order valence-electron chi connectivity index (χ3n) is 3.72. The molecule has 26 heavy (non-hydrogen) atoms. The highest BCUT2D eigenvalue weighted by Gasteiger charge is 2.41. The van der Waals surface area contributed by atoms with Gasteiger partial charge in [0, 0.05) is 12.1 Å². The molecule has 1 aliphatic heterocycles. The van der Waals surface area contributed by atoms with Crippen LogP contribution in [-0.4, -0.2) is 33.4 Å². The van der Waals surface area contributed by atoms with E-state index in [2.05, 4.69) is 5.32 Å². The van der Waals surface area contributed by atoms with Crippen LogP contribution in [0.5, 0.6) is 0 Å². The number of imide groups is 1. The second-order valence-corrected chi connectivity index (χ2v) is 6.67. The Morgan fingerprint density at radius 3 is 2.31 bits per heavy atom. The number of para-hydroxylation sites is 1. The number of carbonyl (C=O) groups is 4. The summed E-state index contributed by atoms with van der Waals surface area (Å²) in [7, 11) is 0. The van der Waals surface area contributed by atoms with E-state index < -0.39 is 28.3 Å². The van der Waals surface area contributed by atoms with Crippen molar-refractivity contribution in [2.75, 3.05) is 10.2 Å². The van der Waals surface area contributed by atoms with Gasteiger partial charge in [0.15, 0.2) is 0 Å².